The molecule has 2 N–H and O–H groups in total. The topological polar surface area (TPSA) is 55.0 Å². The third-order valence-electron chi connectivity index (χ3n) is 3.04. The molecule has 0 radical (unpaired) electrons. The fourth-order valence-corrected chi connectivity index (χ4v) is 1.78. The van der Waals surface area contributed by atoms with Crippen LogP contribution >= 0.6 is 0 Å². The van der Waals surface area contributed by atoms with Gasteiger partial charge in [0, 0.05) is 13.1 Å². The number of aromatic nitrogens is 2. The van der Waals surface area contributed by atoms with Gasteiger partial charge in [0.2, 0.25) is 0 Å². The smallest absolute Gasteiger partial charge is 0.147 e. The minimum Gasteiger partial charge on any atom is -0.356 e. The van der Waals surface area contributed by atoms with Gasteiger partial charge in [-0.2, -0.15) is 0 Å². The third kappa shape index (κ3) is 2.53. The van der Waals surface area contributed by atoms with Gasteiger partial charge in [-0.1, -0.05) is 12.1 Å². The summed E-state index contributed by atoms with van der Waals surface area (Å²) in [6, 6.07) is 8.26. The van der Waals surface area contributed by atoms with Crippen molar-refractivity contribution in [2.45, 2.75) is 19.4 Å². The Hall–Kier alpha value is -1.68. The molecule has 0 saturated carbocycles. The molecule has 0 fully saturated rings. The van der Waals surface area contributed by atoms with Crippen molar-refractivity contribution >= 4 is 16.9 Å². The van der Waals surface area contributed by atoms with E-state index >= 15 is 0 Å². The Morgan fingerprint density at radius 1 is 1.29 bits per heavy atom. The molecule has 90 valence electrons. The van der Waals surface area contributed by atoms with Crippen molar-refractivity contribution in [3.05, 3.63) is 30.5 Å². The summed E-state index contributed by atoms with van der Waals surface area (Å²) in [6.07, 6.45) is 2.76. The molecule has 1 aromatic carbocycles. The number of fused-ring (bicyclic) bond motifs is 1. The molecule has 0 bridgehead atoms. The van der Waals surface area contributed by atoms with Crippen molar-refractivity contribution in [1.29, 1.82) is 0 Å². The van der Waals surface area contributed by atoms with Gasteiger partial charge in [-0.25, -0.2) is 4.98 Å². The largest absolute Gasteiger partial charge is 0.356 e. The third-order valence-corrected chi connectivity index (χ3v) is 3.04. The van der Waals surface area contributed by atoms with E-state index in [1.807, 2.05) is 37.5 Å². The second kappa shape index (κ2) is 5.10. The quantitative estimate of drug-likeness (QED) is 0.870. The van der Waals surface area contributed by atoms with Crippen LogP contribution in [-0.2, 0) is 0 Å². The highest BCUT2D eigenvalue weighted by Gasteiger charge is 2.11. The van der Waals surface area contributed by atoms with Crippen LogP contribution in [0.5, 0.6) is 0 Å². The first-order valence-corrected chi connectivity index (χ1v) is 5.87. The van der Waals surface area contributed by atoms with E-state index in [1.165, 1.54) is 0 Å². The van der Waals surface area contributed by atoms with Crippen LogP contribution < -0.4 is 10.6 Å². The number of benzene rings is 1. The zero-order valence-corrected chi connectivity index (χ0v) is 10.3. The van der Waals surface area contributed by atoms with E-state index in [-0.39, 0.29) is 0 Å². The molecule has 1 atom stereocenters. The Balaban J connectivity index is 2.29. The van der Waals surface area contributed by atoms with E-state index in [0.29, 0.717) is 12.6 Å². The van der Waals surface area contributed by atoms with Crippen molar-refractivity contribution < 1.29 is 0 Å². The van der Waals surface area contributed by atoms with E-state index in [0.717, 1.165) is 23.3 Å². The molecule has 0 spiro atoms. The Labute approximate surface area is 101 Å². The van der Waals surface area contributed by atoms with Crippen molar-refractivity contribution in [2.24, 2.45) is 5.73 Å². The molecule has 2 aromatic rings. The van der Waals surface area contributed by atoms with Crippen molar-refractivity contribution in [3.63, 3.8) is 0 Å². The number of anilines is 1. The molecular weight excluding hydrogens is 212 g/mol. The molecular formula is C13H18N4. The Kier molecular flexibility index (Phi) is 3.54. The summed E-state index contributed by atoms with van der Waals surface area (Å²) < 4.78 is 0. The summed E-state index contributed by atoms with van der Waals surface area (Å²) in [5, 5.41) is 0. The summed E-state index contributed by atoms with van der Waals surface area (Å²) >= 11 is 0. The average molecular weight is 230 g/mol. The van der Waals surface area contributed by atoms with E-state index in [1.54, 1.807) is 0 Å². The molecule has 1 aromatic heterocycles. The SMILES string of the molecule is CC(CCN)N(C)c1cnc2ccccc2n1. The monoisotopic (exact) mass is 230 g/mol. The number of hydrogen-bond donors (Lipinski definition) is 1. The number of hydrogen-bond acceptors (Lipinski definition) is 4. The molecule has 0 amide bonds. The Morgan fingerprint density at radius 2 is 2.00 bits per heavy atom. The maximum atomic E-state index is 5.57. The highest BCUT2D eigenvalue weighted by molar-refractivity contribution is 5.75. The van der Waals surface area contributed by atoms with Crippen LogP contribution in [-0.4, -0.2) is 29.6 Å². The summed E-state index contributed by atoms with van der Waals surface area (Å²) in [4.78, 5) is 11.1. The molecule has 4 heteroatoms. The van der Waals surface area contributed by atoms with E-state index in [4.69, 9.17) is 5.73 Å². The minimum absolute atomic E-state index is 0.371. The summed E-state index contributed by atoms with van der Waals surface area (Å²) in [5.41, 5.74) is 7.43. The second-order valence-corrected chi connectivity index (χ2v) is 4.25. The number of nitrogens with zero attached hydrogens (tertiary/aromatic N) is 3. The van der Waals surface area contributed by atoms with Crippen LogP contribution in [0.4, 0.5) is 5.82 Å². The Morgan fingerprint density at radius 3 is 2.71 bits per heavy atom. The standard InChI is InChI=1S/C13H18N4/c1-10(7-8-14)17(2)13-9-15-11-5-3-4-6-12(11)16-13/h3-6,9-10H,7-8,14H2,1-2H3. The zero-order valence-electron chi connectivity index (χ0n) is 10.3. The molecule has 0 aliphatic rings. The van der Waals surface area contributed by atoms with Crippen LogP contribution in [0.1, 0.15) is 13.3 Å². The zero-order chi connectivity index (χ0) is 12.3. The lowest BCUT2D eigenvalue weighted by Gasteiger charge is -2.25. The molecule has 4 nitrogen and oxygen atoms in total. The fourth-order valence-electron chi connectivity index (χ4n) is 1.78. The molecule has 0 saturated heterocycles. The number of rotatable bonds is 4. The van der Waals surface area contributed by atoms with Gasteiger partial charge < -0.3 is 10.6 Å². The average Bonchev–Trinajstić information content (AvgIpc) is 2.37. The van der Waals surface area contributed by atoms with Gasteiger partial charge in [0.25, 0.3) is 0 Å². The molecule has 17 heavy (non-hydrogen) atoms. The normalized spacial score (nSPS) is 12.6. The van der Waals surface area contributed by atoms with Crippen molar-refractivity contribution in [2.75, 3.05) is 18.5 Å². The van der Waals surface area contributed by atoms with Gasteiger partial charge in [-0.05, 0) is 32.0 Å². The second-order valence-electron chi connectivity index (χ2n) is 4.25. The van der Waals surface area contributed by atoms with E-state index in [2.05, 4.69) is 21.8 Å². The van der Waals surface area contributed by atoms with Gasteiger partial charge in [0.1, 0.15) is 5.82 Å². The maximum Gasteiger partial charge on any atom is 0.147 e. The summed E-state index contributed by atoms with van der Waals surface area (Å²) in [7, 11) is 2.03. The molecule has 1 unspecified atom stereocenters. The van der Waals surface area contributed by atoms with E-state index in [9.17, 15) is 0 Å². The van der Waals surface area contributed by atoms with Gasteiger partial charge in [-0.15, -0.1) is 0 Å². The van der Waals surface area contributed by atoms with Crippen LogP contribution in [0.25, 0.3) is 11.0 Å². The minimum atomic E-state index is 0.371. The predicted molar refractivity (Wildman–Crippen MR) is 71.1 cm³/mol. The Bertz CT molecular complexity index is 497. The lowest BCUT2D eigenvalue weighted by Crippen LogP contribution is -2.31. The lowest BCUT2D eigenvalue weighted by molar-refractivity contribution is 0.629. The van der Waals surface area contributed by atoms with Crippen molar-refractivity contribution in [1.82, 2.24) is 9.97 Å². The highest BCUT2D eigenvalue weighted by atomic mass is 15.2. The fraction of sp³-hybridized carbons (Fsp3) is 0.385. The van der Waals surface area contributed by atoms with Crippen LogP contribution in [0.15, 0.2) is 30.5 Å². The predicted octanol–water partition coefficient (Wildman–Crippen LogP) is 1.80. The first kappa shape index (κ1) is 11.8. The van der Waals surface area contributed by atoms with Gasteiger partial charge >= 0.3 is 0 Å². The highest BCUT2D eigenvalue weighted by Crippen LogP contribution is 2.16. The molecule has 0 aliphatic carbocycles. The summed E-state index contributed by atoms with van der Waals surface area (Å²) in [5.74, 6) is 0.893. The molecule has 0 aliphatic heterocycles. The first-order chi connectivity index (χ1) is 8.22. The van der Waals surface area contributed by atoms with Crippen LogP contribution in [0.2, 0.25) is 0 Å². The number of nitrogens with two attached hydrogens (primary N) is 1. The van der Waals surface area contributed by atoms with Gasteiger partial charge in [0.05, 0.1) is 17.2 Å². The molecule has 2 rings (SSSR count). The number of para-hydroxylation sites is 2. The van der Waals surface area contributed by atoms with Gasteiger partial charge in [-0.3, -0.25) is 4.98 Å². The van der Waals surface area contributed by atoms with Crippen molar-refractivity contribution in [3.8, 4) is 0 Å². The van der Waals surface area contributed by atoms with Gasteiger partial charge in [0.15, 0.2) is 0 Å². The van der Waals surface area contributed by atoms with Crippen LogP contribution in [0.3, 0.4) is 0 Å². The lowest BCUT2D eigenvalue weighted by atomic mass is 10.2. The first-order valence-electron chi connectivity index (χ1n) is 5.87. The van der Waals surface area contributed by atoms with Crippen LogP contribution in [0, 0.1) is 0 Å². The summed E-state index contributed by atoms with van der Waals surface area (Å²) in [6.45, 7) is 2.83. The maximum absolute atomic E-state index is 5.57. The van der Waals surface area contributed by atoms with E-state index < -0.39 is 0 Å². The molecule has 1 heterocycles.